The zero-order valence-corrected chi connectivity index (χ0v) is 70.4. The van der Waals surface area contributed by atoms with Crippen LogP contribution >= 0.6 is 0 Å². The first-order chi connectivity index (χ1) is 51.9. The summed E-state index contributed by atoms with van der Waals surface area (Å²) >= 11 is 0. The monoisotopic (exact) mass is 1560 g/mol. The molecule has 4 atom stereocenters. The number of hydrogen-bond acceptors (Lipinski definition) is 19. The minimum atomic E-state index is -2.01. The highest BCUT2D eigenvalue weighted by atomic mass is 28.4. The Morgan fingerprint density at radius 2 is 0.727 bits per heavy atom. The Labute approximate surface area is 655 Å². The molecule has 0 aliphatic carbocycles. The van der Waals surface area contributed by atoms with Crippen molar-refractivity contribution in [3.8, 4) is 46.0 Å². The molecule has 4 aliphatic rings. The standard InChI is InChI=1S/C44H64N4O9Si.C40H60N4O7Si/c1-12-17-56-43(51)46-36-25-40(38(53-9)23-34(36)42(50)47-26-29(3)20-31(47)13-2)55-19-16-14-15-18-54-39-24-35(45)33(22-37(39)52-8)41(49)48-27-30(4)21-32(48)28-57-58(10,11)44(5,6)7;1-11-28-17-26(2)23-43(28)38(45)30-19-34(47-7)36(21-32(30)41)49-15-13-12-14-16-50-37-22-33(42)31(20-35(37)48-8)39(46)44-24-27(3)18-29(44)25-51-52(9,10)40(4,5)6/h12,22-25,31-32H,1,3-4,13-21,26-28,45H2,2,5-11H3,(H,46,51);19-22,28-29H,2-3,11-18,23-25,41-42H2,1,4-10H3/t31-,32+;28-,29+/m11/s1. The lowest BCUT2D eigenvalue weighted by Gasteiger charge is -2.38. The molecule has 0 saturated carbocycles. The largest absolute Gasteiger partial charge is 0.493 e. The van der Waals surface area contributed by atoms with Crippen LogP contribution in [0.5, 0.6) is 46.0 Å². The summed E-state index contributed by atoms with van der Waals surface area (Å²) in [6, 6.07) is 13.0. The van der Waals surface area contributed by atoms with E-state index in [0.29, 0.717) is 171 Å². The molecule has 4 heterocycles. The first-order valence-corrected chi connectivity index (χ1v) is 44.2. The fourth-order valence-corrected chi connectivity index (χ4v) is 15.2. The number of hydrogen-bond donors (Lipinski definition) is 4. The minimum Gasteiger partial charge on any atom is -0.493 e. The third-order valence-electron chi connectivity index (χ3n) is 21.7. The van der Waals surface area contributed by atoms with E-state index in [4.69, 9.17) is 68.7 Å². The van der Waals surface area contributed by atoms with Crippen LogP contribution in [-0.2, 0) is 13.6 Å². The maximum Gasteiger partial charge on any atom is 0.411 e. The molecule has 0 aromatic heterocycles. The van der Waals surface area contributed by atoms with Gasteiger partial charge in [-0.15, -0.1) is 0 Å². The van der Waals surface area contributed by atoms with E-state index < -0.39 is 22.7 Å². The summed E-state index contributed by atoms with van der Waals surface area (Å²) in [4.78, 5) is 74.6. The molecule has 0 radical (unpaired) electrons. The summed E-state index contributed by atoms with van der Waals surface area (Å²) in [5.74, 6) is 2.74. The first kappa shape index (κ1) is 88.1. The van der Waals surface area contributed by atoms with E-state index in [1.165, 1.54) is 20.3 Å². The van der Waals surface area contributed by atoms with E-state index >= 15 is 0 Å². The predicted octanol–water partition coefficient (Wildman–Crippen LogP) is 16.1. The Morgan fingerprint density at radius 3 is 1.02 bits per heavy atom. The lowest BCUT2D eigenvalue weighted by Crippen LogP contribution is -2.46. The normalized spacial score (nSPS) is 17.4. The van der Waals surface area contributed by atoms with Crippen molar-refractivity contribution in [1.29, 1.82) is 0 Å². The number of nitrogen functional groups attached to an aromatic ring is 3. The molecule has 0 spiro atoms. The number of anilines is 4. The zero-order valence-electron chi connectivity index (χ0n) is 68.4. The number of nitrogens with zero attached hydrogens (tertiary/aromatic N) is 4. The van der Waals surface area contributed by atoms with Crippen molar-refractivity contribution in [2.24, 2.45) is 0 Å². The van der Waals surface area contributed by atoms with Crippen LogP contribution in [-0.4, -0.2) is 191 Å². The molecule has 4 aromatic carbocycles. The van der Waals surface area contributed by atoms with Gasteiger partial charge in [-0.3, -0.25) is 24.5 Å². The number of nitrogens with two attached hydrogens (primary N) is 3. The van der Waals surface area contributed by atoms with Gasteiger partial charge in [0, 0.05) is 79.6 Å². The number of unbranched alkanes of at least 4 members (excludes halogenated alkanes) is 4. The lowest BCUT2D eigenvalue weighted by atomic mass is 10.1. The number of methoxy groups -OCH3 is 4. The minimum absolute atomic E-state index is 0.0113. The molecule has 604 valence electrons. The number of likely N-dealkylation sites (tertiary alicyclic amines) is 4. The second-order valence-electron chi connectivity index (χ2n) is 32.0. The maximum atomic E-state index is 13.9. The Hall–Kier alpha value is -9.12. The van der Waals surface area contributed by atoms with Gasteiger partial charge < -0.3 is 88.3 Å². The van der Waals surface area contributed by atoms with Gasteiger partial charge in [0.1, 0.15) is 6.61 Å². The number of rotatable bonds is 35. The van der Waals surface area contributed by atoms with Gasteiger partial charge in [-0.1, -0.05) is 117 Å². The molecule has 4 aromatic rings. The van der Waals surface area contributed by atoms with Crippen LogP contribution in [0.1, 0.15) is 174 Å². The van der Waals surface area contributed by atoms with Crippen molar-refractivity contribution in [2.75, 3.05) is 123 Å². The van der Waals surface area contributed by atoms with Crippen molar-refractivity contribution in [3.63, 3.8) is 0 Å². The molecule has 4 fully saturated rings. The molecule has 8 rings (SSSR count). The van der Waals surface area contributed by atoms with E-state index in [1.807, 2.05) is 16.7 Å². The summed E-state index contributed by atoms with van der Waals surface area (Å²) in [5, 5.41) is 2.82. The molecule has 0 bridgehead atoms. The maximum absolute atomic E-state index is 13.9. The number of nitrogens with one attached hydrogen (secondary N) is 1. The van der Waals surface area contributed by atoms with Crippen LogP contribution < -0.4 is 60.4 Å². The van der Waals surface area contributed by atoms with Crippen LogP contribution in [0.25, 0.3) is 0 Å². The average Bonchev–Trinajstić information content (AvgIpc) is 1.71. The van der Waals surface area contributed by atoms with Gasteiger partial charge in [0.25, 0.3) is 23.6 Å². The molecule has 0 unspecified atom stereocenters. The summed E-state index contributed by atoms with van der Waals surface area (Å²) in [7, 11) is 2.13. The number of benzene rings is 4. The van der Waals surface area contributed by atoms with Gasteiger partial charge in [-0.05, 0) is 138 Å². The molecular weight excluding hydrogens is 1430 g/mol. The van der Waals surface area contributed by atoms with Gasteiger partial charge in [0.05, 0.1) is 108 Å². The third-order valence-corrected chi connectivity index (χ3v) is 30.7. The van der Waals surface area contributed by atoms with Crippen molar-refractivity contribution in [3.05, 3.63) is 132 Å². The summed E-state index contributed by atoms with van der Waals surface area (Å²) in [6.45, 7) is 50.6. The highest BCUT2D eigenvalue weighted by Crippen LogP contribution is 2.43. The number of ether oxygens (including phenoxy) is 9. The summed E-state index contributed by atoms with van der Waals surface area (Å²) in [5.41, 5.74) is 25.8. The number of carbonyl (C=O) groups is 5. The first-order valence-electron chi connectivity index (χ1n) is 38.3. The topological polar surface area (TPSA) is 290 Å². The van der Waals surface area contributed by atoms with E-state index in [0.717, 1.165) is 73.7 Å². The smallest absolute Gasteiger partial charge is 0.411 e. The molecule has 110 heavy (non-hydrogen) atoms. The van der Waals surface area contributed by atoms with Crippen LogP contribution in [0.3, 0.4) is 0 Å². The third kappa shape index (κ3) is 22.6. The highest BCUT2D eigenvalue weighted by Gasteiger charge is 2.43. The number of carbonyl (C=O) groups excluding carboxylic acids is 5. The Kier molecular flexibility index (Phi) is 31.4. The fraction of sp³-hybridized carbons (Fsp3) is 0.536. The van der Waals surface area contributed by atoms with Gasteiger partial charge in [0.15, 0.2) is 62.6 Å². The van der Waals surface area contributed by atoms with Crippen LogP contribution in [0, 0.1) is 0 Å². The average molecular weight is 1560 g/mol. The van der Waals surface area contributed by atoms with Gasteiger partial charge in [-0.2, -0.15) is 0 Å². The Bertz CT molecular complexity index is 3980. The molecule has 26 heteroatoms. The zero-order chi connectivity index (χ0) is 81.2. The quantitative estimate of drug-likeness (QED) is 0.0144. The fourth-order valence-electron chi connectivity index (χ4n) is 13.1. The van der Waals surface area contributed by atoms with Crippen molar-refractivity contribution in [1.82, 2.24) is 19.6 Å². The predicted molar refractivity (Wildman–Crippen MR) is 441 cm³/mol. The summed E-state index contributed by atoms with van der Waals surface area (Å²) < 4.78 is 64.8. The molecule has 5 amide bonds. The van der Waals surface area contributed by atoms with E-state index in [1.54, 1.807) is 72.6 Å². The Balaban J connectivity index is 0.000000308. The van der Waals surface area contributed by atoms with Gasteiger partial charge >= 0.3 is 6.09 Å². The molecule has 4 aliphatic heterocycles. The van der Waals surface area contributed by atoms with E-state index in [-0.39, 0.29) is 75.7 Å². The molecule has 7 N–H and O–H groups in total. The van der Waals surface area contributed by atoms with E-state index in [9.17, 15) is 24.0 Å². The molecule has 24 nitrogen and oxygen atoms in total. The van der Waals surface area contributed by atoms with Crippen molar-refractivity contribution >= 4 is 69.1 Å². The van der Waals surface area contributed by atoms with Crippen molar-refractivity contribution in [2.45, 2.75) is 193 Å². The summed E-state index contributed by atoms with van der Waals surface area (Å²) in [6.07, 6.45) is 9.78. The van der Waals surface area contributed by atoms with E-state index in [2.05, 4.69) is 113 Å². The van der Waals surface area contributed by atoms with Crippen LogP contribution in [0.2, 0.25) is 36.3 Å². The van der Waals surface area contributed by atoms with Gasteiger partial charge in [-0.25, -0.2) is 4.79 Å². The SMILES string of the molecule is C=C1C[C@@H](CC)N(C(=O)c2cc(OC)c(OCCCCCOc3cc(N)c(C(=O)N4CC(=C)C[C@H]4CO[Si](C)(C)C(C)(C)C)cc3OC)cc2N)C1.C=CCOC(=O)Nc1cc(OCCCCCOc2cc(N)c(C(=O)N3CC(=C)C[C@H]3CO[Si](C)(C)C(C)(C)C)cc2OC)c(OC)cc1C(=O)N1CC(=C)C[C@H]1CC. The lowest BCUT2D eigenvalue weighted by molar-refractivity contribution is 0.0680. The number of amides is 5. The van der Waals surface area contributed by atoms with Gasteiger partial charge in [0.2, 0.25) is 0 Å². The second-order valence-corrected chi connectivity index (χ2v) is 41.6. The van der Waals surface area contributed by atoms with Crippen LogP contribution in [0.4, 0.5) is 27.5 Å². The van der Waals surface area contributed by atoms with Crippen LogP contribution in [0.15, 0.2) is 110 Å². The second kappa shape index (κ2) is 39.2. The van der Waals surface area contributed by atoms with Crippen molar-refractivity contribution < 1.29 is 75.5 Å². The molecular formula is C84H124N8O16Si2. The Morgan fingerprint density at radius 1 is 0.445 bits per heavy atom. The molecule has 4 saturated heterocycles. The highest BCUT2D eigenvalue weighted by molar-refractivity contribution is 6.74.